The van der Waals surface area contributed by atoms with E-state index in [9.17, 15) is 13.2 Å². The van der Waals surface area contributed by atoms with E-state index in [1.54, 1.807) is 42.5 Å². The van der Waals surface area contributed by atoms with Crippen molar-refractivity contribution >= 4 is 27.3 Å². The van der Waals surface area contributed by atoms with Gasteiger partial charge in [0.15, 0.2) is 11.5 Å². The number of nitrogens with zero attached hydrogens (tertiary/aromatic N) is 1. The van der Waals surface area contributed by atoms with Gasteiger partial charge < -0.3 is 14.8 Å². The molecule has 7 nitrogen and oxygen atoms in total. The highest BCUT2D eigenvalue weighted by atomic mass is 32.2. The van der Waals surface area contributed by atoms with Crippen molar-refractivity contribution in [3.63, 3.8) is 0 Å². The van der Waals surface area contributed by atoms with E-state index >= 15 is 0 Å². The maximum atomic E-state index is 12.5. The molecule has 1 heterocycles. The van der Waals surface area contributed by atoms with Gasteiger partial charge in [0, 0.05) is 11.8 Å². The highest BCUT2D eigenvalue weighted by Crippen LogP contribution is 2.34. The Morgan fingerprint density at radius 3 is 2.46 bits per heavy atom. The summed E-state index contributed by atoms with van der Waals surface area (Å²) in [5.41, 5.74) is 0.966. The molecule has 1 aliphatic heterocycles. The summed E-state index contributed by atoms with van der Waals surface area (Å²) in [6, 6.07) is 13.7. The van der Waals surface area contributed by atoms with Crippen molar-refractivity contribution in [2.45, 2.75) is 6.92 Å². The molecule has 1 N–H and O–H groups in total. The number of carbonyl (C=O) groups excluding carboxylic acids is 1. The van der Waals surface area contributed by atoms with E-state index in [1.807, 2.05) is 6.07 Å². The molecule has 0 saturated heterocycles. The number of carbonyl (C=O) groups is 1. The molecule has 0 unspecified atom stereocenters. The summed E-state index contributed by atoms with van der Waals surface area (Å²) in [6.45, 7) is 2.05. The Morgan fingerprint density at radius 2 is 1.77 bits per heavy atom. The smallest absolute Gasteiger partial charge is 0.245 e. The first kappa shape index (κ1) is 18.1. The molecule has 1 amide bonds. The van der Waals surface area contributed by atoms with Crippen LogP contribution in [0, 0.1) is 0 Å². The van der Waals surface area contributed by atoms with Crippen molar-refractivity contribution in [1.29, 1.82) is 0 Å². The van der Waals surface area contributed by atoms with Gasteiger partial charge in [0.05, 0.1) is 11.4 Å². The Labute approximate surface area is 152 Å². The van der Waals surface area contributed by atoms with Gasteiger partial charge in [-0.3, -0.25) is 9.10 Å². The van der Waals surface area contributed by atoms with Crippen LogP contribution in [0.15, 0.2) is 48.5 Å². The molecule has 0 atom stereocenters. The zero-order chi connectivity index (χ0) is 18.6. The third-order valence-corrected chi connectivity index (χ3v) is 5.60. The number of sulfonamides is 1. The predicted molar refractivity (Wildman–Crippen MR) is 99.3 cm³/mol. The number of hydrogen-bond acceptors (Lipinski definition) is 5. The van der Waals surface area contributed by atoms with Crippen LogP contribution in [0.1, 0.15) is 6.92 Å². The monoisotopic (exact) mass is 376 g/mol. The number of hydrogen-bond donors (Lipinski definition) is 1. The second-order valence-corrected chi connectivity index (χ2v) is 7.83. The van der Waals surface area contributed by atoms with E-state index in [1.165, 1.54) is 6.92 Å². The van der Waals surface area contributed by atoms with Crippen molar-refractivity contribution in [2.24, 2.45) is 0 Å². The van der Waals surface area contributed by atoms with Gasteiger partial charge in [0.2, 0.25) is 15.9 Å². The lowest BCUT2D eigenvalue weighted by Crippen LogP contribution is -2.39. The molecule has 2 aromatic rings. The fourth-order valence-electron chi connectivity index (χ4n) is 2.55. The first-order valence-corrected chi connectivity index (χ1v) is 9.85. The van der Waals surface area contributed by atoms with Gasteiger partial charge in [0.1, 0.15) is 19.8 Å². The Bertz CT molecular complexity index is 884. The van der Waals surface area contributed by atoms with Crippen LogP contribution in [0.5, 0.6) is 11.5 Å². The van der Waals surface area contributed by atoms with E-state index in [4.69, 9.17) is 9.47 Å². The summed E-state index contributed by atoms with van der Waals surface area (Å²) in [7, 11) is -3.65. The minimum atomic E-state index is -3.65. The molecule has 3 rings (SSSR count). The minimum absolute atomic E-state index is 0.125. The Balaban J connectivity index is 1.85. The number of nitrogens with one attached hydrogen (secondary N) is 1. The van der Waals surface area contributed by atoms with E-state index in [-0.39, 0.29) is 12.3 Å². The largest absolute Gasteiger partial charge is 0.486 e. The predicted octanol–water partition coefficient (Wildman–Crippen LogP) is 2.25. The number of anilines is 2. The Morgan fingerprint density at radius 1 is 1.08 bits per heavy atom. The molecule has 2 aromatic carbocycles. The van der Waals surface area contributed by atoms with Crippen LogP contribution in [-0.4, -0.2) is 39.8 Å². The quantitative estimate of drug-likeness (QED) is 0.836. The average molecular weight is 376 g/mol. The number of benzene rings is 2. The van der Waals surface area contributed by atoms with Crippen molar-refractivity contribution in [3.05, 3.63) is 48.5 Å². The van der Waals surface area contributed by atoms with Gasteiger partial charge in [-0.15, -0.1) is 0 Å². The molecule has 0 radical (unpaired) electrons. The van der Waals surface area contributed by atoms with Gasteiger partial charge in [-0.2, -0.15) is 0 Å². The van der Waals surface area contributed by atoms with E-state index in [0.717, 1.165) is 4.31 Å². The summed E-state index contributed by atoms with van der Waals surface area (Å²) >= 11 is 0. The van der Waals surface area contributed by atoms with Gasteiger partial charge in [0.25, 0.3) is 0 Å². The lowest BCUT2D eigenvalue weighted by Gasteiger charge is -2.25. The lowest BCUT2D eigenvalue weighted by atomic mass is 10.2. The molecule has 8 heteroatoms. The third kappa shape index (κ3) is 4.08. The molecular formula is C18H20N2O5S. The highest BCUT2D eigenvalue weighted by Gasteiger charge is 2.25. The van der Waals surface area contributed by atoms with Crippen molar-refractivity contribution in [2.75, 3.05) is 35.1 Å². The number of fused-ring (bicyclic) bond motifs is 1. The molecular weight excluding hydrogens is 356 g/mol. The molecule has 26 heavy (non-hydrogen) atoms. The van der Waals surface area contributed by atoms with E-state index < -0.39 is 15.9 Å². The fraction of sp³-hybridized carbons (Fsp3) is 0.278. The Kier molecular flexibility index (Phi) is 5.32. The van der Waals surface area contributed by atoms with Crippen LogP contribution in [0.4, 0.5) is 11.4 Å². The molecule has 0 fully saturated rings. The number of ether oxygens (including phenoxy) is 2. The third-order valence-electron chi connectivity index (χ3n) is 3.86. The van der Waals surface area contributed by atoms with Crippen LogP contribution in [0.3, 0.4) is 0 Å². The summed E-state index contributed by atoms with van der Waals surface area (Å²) in [5, 5.41) is 2.70. The van der Waals surface area contributed by atoms with Crippen LogP contribution in [0.25, 0.3) is 0 Å². The number of para-hydroxylation sites is 1. The summed E-state index contributed by atoms with van der Waals surface area (Å²) in [6.07, 6.45) is 0. The first-order chi connectivity index (χ1) is 12.5. The number of rotatable bonds is 6. The molecule has 0 aromatic heterocycles. The van der Waals surface area contributed by atoms with Crippen LogP contribution in [0.2, 0.25) is 0 Å². The lowest BCUT2D eigenvalue weighted by molar-refractivity contribution is -0.114. The second-order valence-electron chi connectivity index (χ2n) is 5.65. The molecule has 1 aliphatic rings. The SMILES string of the molecule is CCS(=O)(=O)N(CC(=O)Nc1ccccc1)c1ccc2c(c1)OCCO2. The molecule has 0 saturated carbocycles. The van der Waals surface area contributed by atoms with Crippen LogP contribution >= 0.6 is 0 Å². The van der Waals surface area contributed by atoms with Crippen molar-refractivity contribution < 1.29 is 22.7 Å². The molecule has 0 bridgehead atoms. The minimum Gasteiger partial charge on any atom is -0.486 e. The first-order valence-electron chi connectivity index (χ1n) is 8.24. The number of amides is 1. The van der Waals surface area contributed by atoms with Crippen molar-refractivity contribution in [1.82, 2.24) is 0 Å². The topological polar surface area (TPSA) is 84.9 Å². The van der Waals surface area contributed by atoms with E-state index in [2.05, 4.69) is 5.32 Å². The van der Waals surface area contributed by atoms with E-state index in [0.29, 0.717) is 36.1 Å². The second kappa shape index (κ2) is 7.65. The summed E-state index contributed by atoms with van der Waals surface area (Å²) < 4.78 is 37.1. The molecule has 138 valence electrons. The van der Waals surface area contributed by atoms with Crippen molar-refractivity contribution in [3.8, 4) is 11.5 Å². The Hall–Kier alpha value is -2.74. The summed E-state index contributed by atoms with van der Waals surface area (Å²) in [4.78, 5) is 12.4. The average Bonchev–Trinajstić information content (AvgIpc) is 2.66. The maximum absolute atomic E-state index is 12.5. The molecule has 0 spiro atoms. The fourth-order valence-corrected chi connectivity index (χ4v) is 3.61. The van der Waals surface area contributed by atoms with Gasteiger partial charge in [-0.25, -0.2) is 8.42 Å². The molecule has 0 aliphatic carbocycles. The van der Waals surface area contributed by atoms with Crippen LogP contribution < -0.4 is 19.1 Å². The summed E-state index contributed by atoms with van der Waals surface area (Å²) in [5.74, 6) is 0.472. The zero-order valence-corrected chi connectivity index (χ0v) is 15.2. The highest BCUT2D eigenvalue weighted by molar-refractivity contribution is 7.92. The van der Waals surface area contributed by atoms with Gasteiger partial charge in [-0.1, -0.05) is 18.2 Å². The maximum Gasteiger partial charge on any atom is 0.245 e. The zero-order valence-electron chi connectivity index (χ0n) is 14.3. The van der Waals surface area contributed by atoms with Crippen LogP contribution in [-0.2, 0) is 14.8 Å². The van der Waals surface area contributed by atoms with Gasteiger partial charge in [-0.05, 0) is 31.2 Å². The van der Waals surface area contributed by atoms with Gasteiger partial charge >= 0.3 is 0 Å². The normalized spacial score (nSPS) is 13.1. The standard InChI is InChI=1S/C18H20N2O5S/c1-2-26(22,23)20(13-18(21)19-14-6-4-3-5-7-14)15-8-9-16-17(12-15)25-11-10-24-16/h3-9,12H,2,10-11,13H2,1H3,(H,19,21).